The lowest BCUT2D eigenvalue weighted by atomic mass is 9.82. The molecule has 0 bridgehead atoms. The number of ether oxygens (including phenoxy) is 16. The second kappa shape index (κ2) is 54.7. The first-order valence-corrected chi connectivity index (χ1v) is 43.7. The van der Waals surface area contributed by atoms with E-state index in [1.165, 1.54) is 84.3 Å². The van der Waals surface area contributed by atoms with Crippen LogP contribution in [0.4, 0.5) is 0 Å². The van der Waals surface area contributed by atoms with E-state index in [-0.39, 0.29) is 134 Å². The maximum Gasteiger partial charge on any atom is 0.343 e. The summed E-state index contributed by atoms with van der Waals surface area (Å²) in [4.78, 5) is 154. The maximum absolute atomic E-state index is 13.7. The molecule has 732 valence electrons. The minimum atomic E-state index is -0.952. The Hall–Kier alpha value is -17.0. The second-order valence-corrected chi connectivity index (χ2v) is 31.3. The third-order valence-corrected chi connectivity index (χ3v) is 22.4. The molecule has 0 aliphatic heterocycles. The summed E-state index contributed by atoms with van der Waals surface area (Å²) in [5.74, 6) is -6.32. The summed E-state index contributed by atoms with van der Waals surface area (Å²) < 4.78 is 87.3. The number of hydrogen-bond acceptors (Lipinski definition) is 33. The fraction of sp³-hybridized carbons (Fsp3) is 0.241. The highest BCUT2D eigenvalue weighted by molar-refractivity contribution is 7.22. The number of rotatable bonds is 41. The van der Waals surface area contributed by atoms with Gasteiger partial charge in [-0.3, -0.25) is 19.2 Å². The number of nitriles is 1. The van der Waals surface area contributed by atoms with Crippen LogP contribution in [0.25, 0.3) is 31.9 Å². The van der Waals surface area contributed by atoms with Crippen molar-refractivity contribution >= 4 is 105 Å². The molecular formula is C108H106N4O28S. The number of hydrogen-bond donors (Lipinski definition) is 0. The van der Waals surface area contributed by atoms with Gasteiger partial charge in [-0.1, -0.05) is 136 Å². The fourth-order valence-electron chi connectivity index (χ4n) is 14.1. The highest BCUT2D eigenvalue weighted by atomic mass is 32.1. The second-order valence-electron chi connectivity index (χ2n) is 30.3. The molecule has 2 unspecified atom stereocenters. The third kappa shape index (κ3) is 31.5. The van der Waals surface area contributed by atoms with Gasteiger partial charge >= 0.3 is 71.6 Å². The summed E-state index contributed by atoms with van der Waals surface area (Å²) in [7, 11) is 0. The van der Waals surface area contributed by atoms with Crippen LogP contribution in [0.2, 0.25) is 0 Å². The molecule has 0 N–H and O–H groups in total. The number of carbonyl (C=O) groups excluding carboxylic acids is 12. The van der Waals surface area contributed by atoms with Crippen LogP contribution in [0.5, 0.6) is 51.7 Å². The van der Waals surface area contributed by atoms with E-state index in [1.54, 1.807) is 78.9 Å². The minimum absolute atomic E-state index is 0. The van der Waals surface area contributed by atoms with Crippen LogP contribution in [-0.4, -0.2) is 147 Å². The maximum atomic E-state index is 13.7. The van der Waals surface area contributed by atoms with E-state index >= 15 is 0 Å². The van der Waals surface area contributed by atoms with Gasteiger partial charge in [-0.05, 0) is 202 Å². The summed E-state index contributed by atoms with van der Waals surface area (Å²) in [5, 5.41) is 18.9. The molecule has 2 saturated carbocycles. The van der Waals surface area contributed by atoms with Crippen LogP contribution in [0, 0.1) is 35.0 Å². The quantitative estimate of drug-likeness (QED) is 0.00653. The van der Waals surface area contributed by atoms with E-state index in [0.29, 0.717) is 108 Å². The zero-order valence-electron chi connectivity index (χ0n) is 73.7. The van der Waals surface area contributed by atoms with Crippen molar-refractivity contribution in [3.63, 3.8) is 0 Å². The summed E-state index contributed by atoms with van der Waals surface area (Å²) >= 11 is 1.39. The van der Waals surface area contributed by atoms with Gasteiger partial charge in [-0.2, -0.15) is 10.4 Å². The first kappa shape index (κ1) is 109. The van der Waals surface area contributed by atoms with Crippen LogP contribution in [0.3, 0.4) is 0 Å². The van der Waals surface area contributed by atoms with E-state index in [9.17, 15) is 62.8 Å². The highest BCUT2D eigenvalue weighted by Crippen LogP contribution is 2.42. The monoisotopic (exact) mass is 1940 g/mol. The largest absolute Gasteiger partial charge is 0.490 e. The molecule has 141 heavy (non-hydrogen) atoms. The summed E-state index contributed by atoms with van der Waals surface area (Å²) in [6.45, 7) is 18.6. The van der Waals surface area contributed by atoms with E-state index in [1.807, 2.05) is 54.6 Å². The van der Waals surface area contributed by atoms with Crippen molar-refractivity contribution in [2.45, 2.75) is 99.7 Å². The Morgan fingerprint density at radius 3 is 1.23 bits per heavy atom. The fourth-order valence-corrected chi connectivity index (χ4v) is 15.2. The lowest BCUT2D eigenvalue weighted by molar-refractivity contribution is -0.154. The SMILES string of the molecule is C.C.C.C.C=CC(=O)OCOc1ccc(C(=O)Oc2ccc(OC(=O)c3ccc(OCC(COC(=O)C=C)OC(=O)C=C)cc3)c(/C=N/N=C3c4ccccc4-c4ccccc43)c2)cc1.C=CC(=O)OCOc1ccc(OC(=O)C2CCC(C(=O)OCCc3ccc(OC(=O)C4CCC(C(=O)Oc5ccc(OCC(COC(=O)C=C)OC(=O)C=C)cc5)CC4)c4nc(-c5ccc(C#N)cc5)sc34)CC2)cc1. The van der Waals surface area contributed by atoms with E-state index < -0.39 is 89.7 Å². The Morgan fingerprint density at radius 2 is 0.787 bits per heavy atom. The van der Waals surface area contributed by atoms with Crippen molar-refractivity contribution in [3.8, 4) is 79.5 Å². The summed E-state index contributed by atoms with van der Waals surface area (Å²) in [6, 6.07) is 57.2. The van der Waals surface area contributed by atoms with E-state index in [2.05, 4.69) is 55.7 Å². The zero-order chi connectivity index (χ0) is 97.1. The normalized spacial score (nSPS) is 14.3. The predicted octanol–water partition coefficient (Wildman–Crippen LogP) is 18.7. The lowest BCUT2D eigenvalue weighted by Crippen LogP contribution is -2.30. The van der Waals surface area contributed by atoms with Gasteiger partial charge in [-0.15, -0.1) is 16.4 Å². The molecule has 33 heteroatoms. The van der Waals surface area contributed by atoms with Crippen LogP contribution in [0.15, 0.2) is 286 Å². The highest BCUT2D eigenvalue weighted by Gasteiger charge is 2.36. The Kier molecular flexibility index (Phi) is 42.4. The zero-order valence-corrected chi connectivity index (χ0v) is 74.6. The molecule has 9 aromatic carbocycles. The number of carbonyl (C=O) groups is 12. The molecule has 1 heterocycles. The molecule has 3 aliphatic carbocycles. The Morgan fingerprint density at radius 1 is 0.397 bits per heavy atom. The predicted molar refractivity (Wildman–Crippen MR) is 523 cm³/mol. The molecule has 2 fully saturated rings. The molecule has 0 radical (unpaired) electrons. The molecule has 0 amide bonds. The number of esters is 12. The Labute approximate surface area is 819 Å². The first-order chi connectivity index (χ1) is 66.5. The van der Waals surface area contributed by atoms with Crippen molar-refractivity contribution in [3.05, 3.63) is 315 Å². The molecule has 0 saturated heterocycles. The average molecular weight is 1940 g/mol. The molecular weight excluding hydrogens is 1830 g/mol. The molecule has 3 aliphatic rings. The van der Waals surface area contributed by atoms with Crippen molar-refractivity contribution < 1.29 is 133 Å². The number of benzene rings is 9. The van der Waals surface area contributed by atoms with Crippen molar-refractivity contribution in [1.29, 1.82) is 5.26 Å². The average Bonchev–Trinajstić information content (AvgIpc) is 1.70. The Balaban J connectivity index is 0.000000343. The molecule has 32 nitrogen and oxygen atoms in total. The van der Waals surface area contributed by atoms with E-state index in [0.717, 1.165) is 74.5 Å². The van der Waals surface area contributed by atoms with Gasteiger partial charge in [0.05, 0.1) is 64.0 Å². The molecule has 0 spiro atoms. The van der Waals surface area contributed by atoms with Gasteiger partial charge in [0.1, 0.15) is 88.7 Å². The van der Waals surface area contributed by atoms with Gasteiger partial charge < -0.3 is 75.8 Å². The van der Waals surface area contributed by atoms with Crippen LogP contribution in [-0.2, 0) is 87.5 Å². The van der Waals surface area contributed by atoms with Crippen molar-refractivity contribution in [2.24, 2.45) is 33.9 Å². The Bertz CT molecular complexity index is 6210. The van der Waals surface area contributed by atoms with E-state index in [4.69, 9.17) is 80.8 Å². The third-order valence-electron chi connectivity index (χ3n) is 21.2. The lowest BCUT2D eigenvalue weighted by Gasteiger charge is -2.26. The number of fused-ring (bicyclic) bond motifs is 4. The number of nitrogens with zero attached hydrogens (tertiary/aromatic N) is 4. The van der Waals surface area contributed by atoms with Gasteiger partial charge in [0.2, 0.25) is 13.6 Å². The van der Waals surface area contributed by atoms with Gasteiger partial charge in [0.25, 0.3) is 0 Å². The standard InChI is InChI=1S/C57H54N2O16S.C47H36N2O12.4CH4/c1-4-48(60)69-33-46(72-50(62)6-3)32-68-42-20-24-44(25-21-42)73-56(65)40-15-17-41(18-16-40)57(66)75-47-28-19-36(52-51(47)59-53(76-52)37-9-7-35(31-58)8-10-37)29-30-67-54(63)38-11-13-39(14-12-38)55(64)74-45-26-22-43(23-27-45)70-34-71-49(61)5-2;1-4-42(50)56-28-36(59-44(52)6-3)27-55-33-19-15-31(16-20-33)47(54)61-41-24-23-35(60-46(53)30-17-21-34(22-18-30)57-29-58-43(51)5-2)25-32(41)26-48-49-45-39-13-9-7-11-37(39)38-12-8-10-14-40(38)45;;;;/h4-10,19-28,38-41,46H,1-3,11-18,29-30,32-34H2;4-26,36H,1-3,27-29H2;4*1H4/b;48-26+;;;;. The summed E-state index contributed by atoms with van der Waals surface area (Å²) in [6.07, 6.45) is 9.22. The van der Waals surface area contributed by atoms with Crippen molar-refractivity contribution in [2.75, 3.05) is 46.6 Å². The molecule has 10 aromatic rings. The van der Waals surface area contributed by atoms with Gasteiger partial charge in [0, 0.05) is 65.1 Å². The van der Waals surface area contributed by atoms with Gasteiger partial charge in [-0.25, -0.2) is 43.3 Å². The smallest absolute Gasteiger partial charge is 0.343 e. The first-order valence-electron chi connectivity index (χ1n) is 42.9. The molecule has 2 atom stereocenters. The molecule has 1 aromatic heterocycles. The minimum Gasteiger partial charge on any atom is -0.490 e. The van der Waals surface area contributed by atoms with Crippen LogP contribution < -0.4 is 42.6 Å². The number of thiazole rings is 1. The van der Waals surface area contributed by atoms with Crippen LogP contribution >= 0.6 is 11.3 Å². The number of aromatic nitrogens is 1. The van der Waals surface area contributed by atoms with Crippen molar-refractivity contribution in [1.82, 2.24) is 4.98 Å². The topological polar surface area (TPSA) is 414 Å². The van der Waals surface area contributed by atoms with Gasteiger partial charge in [0.15, 0.2) is 18.0 Å². The molecule has 13 rings (SSSR count). The summed E-state index contributed by atoms with van der Waals surface area (Å²) in [5.41, 5.74) is 7.66. The van der Waals surface area contributed by atoms with Crippen LogP contribution in [0.1, 0.15) is 130 Å².